The summed E-state index contributed by atoms with van der Waals surface area (Å²) in [5.74, 6) is 0.955. The molecule has 0 fully saturated rings. The first-order valence-corrected chi connectivity index (χ1v) is 8.26. The van der Waals surface area contributed by atoms with Gasteiger partial charge in [0.25, 0.3) is 5.69 Å². The second kappa shape index (κ2) is 8.17. The fourth-order valence-electron chi connectivity index (χ4n) is 1.82. The van der Waals surface area contributed by atoms with E-state index in [1.165, 1.54) is 11.0 Å². The van der Waals surface area contributed by atoms with Crippen LogP contribution in [0.25, 0.3) is 0 Å². The van der Waals surface area contributed by atoms with E-state index in [2.05, 4.69) is 33.4 Å². The van der Waals surface area contributed by atoms with Crippen LogP contribution in [0.5, 0.6) is 0 Å². The summed E-state index contributed by atoms with van der Waals surface area (Å²) >= 11 is 5.09. The van der Waals surface area contributed by atoms with Crippen molar-refractivity contribution in [1.82, 2.24) is 5.32 Å². The van der Waals surface area contributed by atoms with Crippen molar-refractivity contribution >= 4 is 33.4 Å². The summed E-state index contributed by atoms with van der Waals surface area (Å²) in [6.45, 7) is 1.45. The topological polar surface area (TPSA) is 55.2 Å². The first kappa shape index (κ1) is 16.0. The van der Waals surface area contributed by atoms with Gasteiger partial charge in [0.1, 0.15) is 0 Å². The van der Waals surface area contributed by atoms with E-state index in [-0.39, 0.29) is 10.6 Å². The summed E-state index contributed by atoms with van der Waals surface area (Å²) in [6, 6.07) is 15.3. The Hall–Kier alpha value is -1.37. The summed E-state index contributed by atoms with van der Waals surface area (Å²) in [6.07, 6.45) is 0. The molecule has 0 aromatic heterocycles. The summed E-state index contributed by atoms with van der Waals surface area (Å²) < 4.78 is 0.554. The molecule has 0 heterocycles. The van der Waals surface area contributed by atoms with Crippen molar-refractivity contribution in [2.75, 3.05) is 12.3 Å². The maximum atomic E-state index is 10.9. The van der Waals surface area contributed by atoms with Gasteiger partial charge in [0.2, 0.25) is 0 Å². The number of hydrogen-bond acceptors (Lipinski definition) is 4. The zero-order valence-corrected chi connectivity index (χ0v) is 13.7. The number of benzene rings is 2. The highest BCUT2D eigenvalue weighted by Gasteiger charge is 2.14. The highest BCUT2D eigenvalue weighted by Crippen LogP contribution is 2.28. The van der Waals surface area contributed by atoms with E-state index in [4.69, 9.17) is 0 Å². The zero-order valence-electron chi connectivity index (χ0n) is 11.3. The largest absolute Gasteiger partial charge is 0.312 e. The van der Waals surface area contributed by atoms with Crippen molar-refractivity contribution in [1.29, 1.82) is 0 Å². The van der Waals surface area contributed by atoms with Crippen LogP contribution in [0, 0.1) is 10.1 Å². The molecule has 2 aromatic carbocycles. The normalized spacial score (nSPS) is 10.5. The van der Waals surface area contributed by atoms with Gasteiger partial charge in [-0.05, 0) is 33.6 Å². The molecule has 2 rings (SSSR count). The SMILES string of the molecule is O=[N+]([O-])c1cccc(CNCCSc2ccccc2)c1Br. The molecule has 0 unspecified atom stereocenters. The van der Waals surface area contributed by atoms with E-state index in [1.807, 2.05) is 24.3 Å². The molecule has 6 heteroatoms. The molecular formula is C15H15BrN2O2S. The third-order valence-electron chi connectivity index (χ3n) is 2.86. The summed E-state index contributed by atoms with van der Waals surface area (Å²) in [5, 5.41) is 14.2. The van der Waals surface area contributed by atoms with Gasteiger partial charge >= 0.3 is 0 Å². The van der Waals surface area contributed by atoms with Gasteiger partial charge in [-0.25, -0.2) is 0 Å². The third-order valence-corrected chi connectivity index (χ3v) is 4.79. The van der Waals surface area contributed by atoms with Crippen molar-refractivity contribution < 1.29 is 4.92 Å². The molecule has 0 bridgehead atoms. The van der Waals surface area contributed by atoms with Crippen molar-refractivity contribution in [3.8, 4) is 0 Å². The highest BCUT2D eigenvalue weighted by molar-refractivity contribution is 9.10. The lowest BCUT2D eigenvalue weighted by molar-refractivity contribution is -0.385. The lowest BCUT2D eigenvalue weighted by Gasteiger charge is -2.07. The van der Waals surface area contributed by atoms with Gasteiger partial charge < -0.3 is 5.32 Å². The Balaban J connectivity index is 1.79. The fourth-order valence-corrected chi connectivity index (χ4v) is 3.21. The number of halogens is 1. The molecule has 2 aromatic rings. The van der Waals surface area contributed by atoms with E-state index >= 15 is 0 Å². The van der Waals surface area contributed by atoms with Crippen LogP contribution in [0.4, 0.5) is 5.69 Å². The minimum Gasteiger partial charge on any atom is -0.312 e. The Labute approximate surface area is 136 Å². The van der Waals surface area contributed by atoms with Gasteiger partial charge in [-0.1, -0.05) is 30.3 Å². The number of nitrogens with zero attached hydrogens (tertiary/aromatic N) is 1. The van der Waals surface area contributed by atoms with Gasteiger partial charge in [0.15, 0.2) is 0 Å². The van der Waals surface area contributed by atoms with Crippen LogP contribution in [0.3, 0.4) is 0 Å². The number of rotatable bonds is 7. The maximum absolute atomic E-state index is 10.9. The molecule has 0 saturated carbocycles. The van der Waals surface area contributed by atoms with Crippen LogP contribution in [-0.2, 0) is 6.54 Å². The molecule has 110 valence electrons. The molecule has 0 saturated heterocycles. The number of nitro benzene ring substituents is 1. The van der Waals surface area contributed by atoms with E-state index in [1.54, 1.807) is 17.8 Å². The lowest BCUT2D eigenvalue weighted by Crippen LogP contribution is -2.17. The quantitative estimate of drug-likeness (QED) is 0.344. The third kappa shape index (κ3) is 4.84. The van der Waals surface area contributed by atoms with Crippen LogP contribution in [0.2, 0.25) is 0 Å². The first-order valence-electron chi connectivity index (χ1n) is 6.49. The van der Waals surface area contributed by atoms with Gasteiger partial charge in [-0.15, -0.1) is 11.8 Å². The Morgan fingerprint density at radius 2 is 1.90 bits per heavy atom. The molecule has 4 nitrogen and oxygen atoms in total. The van der Waals surface area contributed by atoms with Crippen molar-refractivity contribution in [2.45, 2.75) is 11.4 Å². The highest BCUT2D eigenvalue weighted by atomic mass is 79.9. The average molecular weight is 367 g/mol. The van der Waals surface area contributed by atoms with Crippen LogP contribution >= 0.6 is 27.7 Å². The molecule has 0 aliphatic rings. The van der Waals surface area contributed by atoms with E-state index in [0.717, 1.165) is 17.9 Å². The average Bonchev–Trinajstić information content (AvgIpc) is 2.49. The monoisotopic (exact) mass is 366 g/mol. The van der Waals surface area contributed by atoms with Gasteiger partial charge in [0, 0.05) is 29.8 Å². The van der Waals surface area contributed by atoms with Crippen molar-refractivity contribution in [2.24, 2.45) is 0 Å². The predicted molar refractivity (Wildman–Crippen MR) is 89.7 cm³/mol. The number of nitrogens with one attached hydrogen (secondary N) is 1. The Bertz CT molecular complexity index is 608. The lowest BCUT2D eigenvalue weighted by atomic mass is 10.2. The molecular weight excluding hydrogens is 352 g/mol. The van der Waals surface area contributed by atoms with Gasteiger partial charge in [-0.3, -0.25) is 10.1 Å². The molecule has 0 aliphatic heterocycles. The molecule has 0 spiro atoms. The Morgan fingerprint density at radius 1 is 1.14 bits per heavy atom. The van der Waals surface area contributed by atoms with Crippen LogP contribution < -0.4 is 5.32 Å². The molecule has 21 heavy (non-hydrogen) atoms. The standard InChI is InChI=1S/C15H15BrN2O2S/c16-15-12(5-4-8-14(15)18(19)20)11-17-9-10-21-13-6-2-1-3-7-13/h1-8,17H,9-11H2. The maximum Gasteiger partial charge on any atom is 0.283 e. The van der Waals surface area contributed by atoms with Gasteiger partial charge in [-0.2, -0.15) is 0 Å². The van der Waals surface area contributed by atoms with Gasteiger partial charge in [0.05, 0.1) is 9.40 Å². The minimum absolute atomic E-state index is 0.105. The fraction of sp³-hybridized carbons (Fsp3) is 0.200. The van der Waals surface area contributed by atoms with Crippen molar-refractivity contribution in [3.63, 3.8) is 0 Å². The summed E-state index contributed by atoms with van der Waals surface area (Å²) in [7, 11) is 0. The number of hydrogen-bond donors (Lipinski definition) is 1. The molecule has 0 aliphatic carbocycles. The Kier molecular flexibility index (Phi) is 6.22. The molecule has 0 amide bonds. The van der Waals surface area contributed by atoms with E-state index < -0.39 is 0 Å². The van der Waals surface area contributed by atoms with Crippen molar-refractivity contribution in [3.05, 3.63) is 68.7 Å². The molecule has 0 atom stereocenters. The molecule has 0 radical (unpaired) electrons. The first-order chi connectivity index (χ1) is 10.2. The van der Waals surface area contributed by atoms with Crippen LogP contribution in [0.1, 0.15) is 5.56 Å². The summed E-state index contributed by atoms with van der Waals surface area (Å²) in [5.41, 5.74) is 1.00. The predicted octanol–water partition coefficient (Wildman–Crippen LogP) is 4.24. The van der Waals surface area contributed by atoms with Crippen LogP contribution in [0.15, 0.2) is 57.9 Å². The Morgan fingerprint density at radius 3 is 2.62 bits per heavy atom. The minimum atomic E-state index is -0.376. The second-order valence-corrected chi connectivity index (χ2v) is 6.31. The van der Waals surface area contributed by atoms with E-state index in [0.29, 0.717) is 11.0 Å². The number of nitro groups is 1. The van der Waals surface area contributed by atoms with Crippen LogP contribution in [-0.4, -0.2) is 17.2 Å². The van der Waals surface area contributed by atoms with E-state index in [9.17, 15) is 10.1 Å². The zero-order chi connectivity index (χ0) is 15.1. The molecule has 1 N–H and O–H groups in total. The number of thioether (sulfide) groups is 1. The smallest absolute Gasteiger partial charge is 0.283 e. The second-order valence-electron chi connectivity index (χ2n) is 4.35. The summed E-state index contributed by atoms with van der Waals surface area (Å²) in [4.78, 5) is 11.7.